The largest absolute Gasteiger partial charge is 0.355 e. The SMILES string of the molecule is O=C(CC1CCC1)NCC1(CCl)CCCCC1. The molecule has 0 bridgehead atoms. The third-order valence-corrected chi connectivity index (χ3v) is 5.12. The van der Waals surface area contributed by atoms with Gasteiger partial charge in [-0.25, -0.2) is 0 Å². The van der Waals surface area contributed by atoms with Crippen molar-refractivity contribution in [2.45, 2.75) is 57.8 Å². The first-order valence-corrected chi connectivity index (χ1v) is 7.60. The molecule has 2 aliphatic carbocycles. The first kappa shape index (κ1) is 13.2. The highest BCUT2D eigenvalue weighted by atomic mass is 35.5. The lowest BCUT2D eigenvalue weighted by Gasteiger charge is -2.36. The average molecular weight is 258 g/mol. The standard InChI is InChI=1S/C14H24ClNO/c15-10-14(7-2-1-3-8-14)11-16-13(17)9-12-5-4-6-12/h12H,1-11H2,(H,16,17). The monoisotopic (exact) mass is 257 g/mol. The summed E-state index contributed by atoms with van der Waals surface area (Å²) in [6.07, 6.45) is 10.8. The van der Waals surface area contributed by atoms with E-state index < -0.39 is 0 Å². The average Bonchev–Trinajstić information content (AvgIpc) is 2.32. The third-order valence-electron chi connectivity index (χ3n) is 4.56. The molecule has 1 amide bonds. The molecule has 0 unspecified atom stereocenters. The Morgan fingerprint density at radius 3 is 2.41 bits per heavy atom. The highest BCUT2D eigenvalue weighted by molar-refractivity contribution is 6.18. The van der Waals surface area contributed by atoms with Crippen molar-refractivity contribution < 1.29 is 4.79 Å². The van der Waals surface area contributed by atoms with Crippen LogP contribution in [-0.4, -0.2) is 18.3 Å². The van der Waals surface area contributed by atoms with Crippen molar-refractivity contribution in [2.75, 3.05) is 12.4 Å². The molecule has 2 nitrogen and oxygen atoms in total. The van der Waals surface area contributed by atoms with Gasteiger partial charge in [-0.3, -0.25) is 4.79 Å². The van der Waals surface area contributed by atoms with Crippen LogP contribution in [0.5, 0.6) is 0 Å². The molecule has 98 valence electrons. The van der Waals surface area contributed by atoms with Crippen molar-refractivity contribution in [1.82, 2.24) is 5.32 Å². The highest BCUT2D eigenvalue weighted by Crippen LogP contribution is 2.37. The van der Waals surface area contributed by atoms with E-state index in [0.29, 0.717) is 11.8 Å². The second kappa shape index (κ2) is 6.08. The minimum absolute atomic E-state index is 0.190. The van der Waals surface area contributed by atoms with E-state index in [2.05, 4.69) is 5.32 Å². The van der Waals surface area contributed by atoms with Crippen LogP contribution in [-0.2, 0) is 4.79 Å². The van der Waals surface area contributed by atoms with Crippen molar-refractivity contribution in [3.63, 3.8) is 0 Å². The van der Waals surface area contributed by atoms with E-state index >= 15 is 0 Å². The van der Waals surface area contributed by atoms with Gasteiger partial charge in [0.25, 0.3) is 0 Å². The van der Waals surface area contributed by atoms with Crippen LogP contribution < -0.4 is 5.32 Å². The lowest BCUT2D eigenvalue weighted by atomic mass is 9.75. The highest BCUT2D eigenvalue weighted by Gasteiger charge is 2.31. The number of carbonyl (C=O) groups is 1. The van der Waals surface area contributed by atoms with E-state index in [4.69, 9.17) is 11.6 Å². The van der Waals surface area contributed by atoms with Gasteiger partial charge in [-0.15, -0.1) is 11.6 Å². The summed E-state index contributed by atoms with van der Waals surface area (Å²) in [5.74, 6) is 1.59. The lowest BCUT2D eigenvalue weighted by Crippen LogP contribution is -2.41. The van der Waals surface area contributed by atoms with E-state index in [0.717, 1.165) is 13.0 Å². The number of alkyl halides is 1. The van der Waals surface area contributed by atoms with E-state index in [9.17, 15) is 4.79 Å². The Kier molecular flexibility index (Phi) is 4.72. The minimum Gasteiger partial charge on any atom is -0.355 e. The van der Waals surface area contributed by atoms with Crippen molar-refractivity contribution in [3.8, 4) is 0 Å². The molecule has 3 heteroatoms. The molecular formula is C14H24ClNO. The molecule has 0 aromatic rings. The minimum atomic E-state index is 0.190. The van der Waals surface area contributed by atoms with Gasteiger partial charge in [-0.2, -0.15) is 0 Å². The summed E-state index contributed by atoms with van der Waals surface area (Å²) >= 11 is 6.11. The van der Waals surface area contributed by atoms with E-state index in [1.165, 1.54) is 51.4 Å². The number of halogens is 1. The van der Waals surface area contributed by atoms with Crippen molar-refractivity contribution >= 4 is 17.5 Å². The summed E-state index contributed by atoms with van der Waals surface area (Å²) in [7, 11) is 0. The maximum absolute atomic E-state index is 11.8. The topological polar surface area (TPSA) is 29.1 Å². The van der Waals surface area contributed by atoms with Crippen LogP contribution in [0.4, 0.5) is 0 Å². The van der Waals surface area contributed by atoms with E-state index in [1.807, 2.05) is 0 Å². The van der Waals surface area contributed by atoms with Crippen molar-refractivity contribution in [3.05, 3.63) is 0 Å². The van der Waals surface area contributed by atoms with Crippen LogP contribution in [0.25, 0.3) is 0 Å². The smallest absolute Gasteiger partial charge is 0.220 e. The molecule has 2 fully saturated rings. The number of rotatable bonds is 5. The fourth-order valence-corrected chi connectivity index (χ4v) is 3.34. The molecule has 0 aliphatic heterocycles. The number of hydrogen-bond donors (Lipinski definition) is 1. The maximum Gasteiger partial charge on any atom is 0.220 e. The molecule has 17 heavy (non-hydrogen) atoms. The Labute approximate surface area is 109 Å². The van der Waals surface area contributed by atoms with Gasteiger partial charge in [0, 0.05) is 24.3 Å². The maximum atomic E-state index is 11.8. The summed E-state index contributed by atoms with van der Waals surface area (Å²) in [6.45, 7) is 0.794. The fourth-order valence-electron chi connectivity index (χ4n) is 2.98. The second-order valence-corrected chi connectivity index (χ2v) is 6.24. The molecule has 0 aromatic carbocycles. The molecule has 0 radical (unpaired) electrons. The number of amides is 1. The van der Waals surface area contributed by atoms with Crippen LogP contribution in [0.1, 0.15) is 57.8 Å². The number of carbonyl (C=O) groups excluding carboxylic acids is 1. The first-order valence-electron chi connectivity index (χ1n) is 7.07. The van der Waals surface area contributed by atoms with Crippen LogP contribution >= 0.6 is 11.6 Å². The first-order chi connectivity index (χ1) is 8.24. The summed E-state index contributed by atoms with van der Waals surface area (Å²) in [5.41, 5.74) is 0.190. The summed E-state index contributed by atoms with van der Waals surface area (Å²) < 4.78 is 0. The van der Waals surface area contributed by atoms with Gasteiger partial charge in [0.1, 0.15) is 0 Å². The molecule has 0 saturated heterocycles. The van der Waals surface area contributed by atoms with Crippen LogP contribution in [0.3, 0.4) is 0 Å². The second-order valence-electron chi connectivity index (χ2n) is 5.97. The molecular weight excluding hydrogens is 234 g/mol. The van der Waals surface area contributed by atoms with Crippen LogP contribution in [0.15, 0.2) is 0 Å². The fraction of sp³-hybridized carbons (Fsp3) is 0.929. The van der Waals surface area contributed by atoms with Gasteiger partial charge >= 0.3 is 0 Å². The Morgan fingerprint density at radius 2 is 1.88 bits per heavy atom. The van der Waals surface area contributed by atoms with Crippen molar-refractivity contribution in [1.29, 1.82) is 0 Å². The van der Waals surface area contributed by atoms with E-state index in [1.54, 1.807) is 0 Å². The van der Waals surface area contributed by atoms with Gasteiger partial charge < -0.3 is 5.32 Å². The molecule has 2 saturated carbocycles. The molecule has 2 aliphatic rings. The number of hydrogen-bond acceptors (Lipinski definition) is 1. The predicted molar refractivity (Wildman–Crippen MR) is 71.2 cm³/mol. The summed E-state index contributed by atoms with van der Waals surface area (Å²) in [5, 5.41) is 3.12. The molecule has 2 rings (SSSR count). The third kappa shape index (κ3) is 3.61. The molecule has 0 heterocycles. The molecule has 0 spiro atoms. The van der Waals surface area contributed by atoms with Gasteiger partial charge in [0.15, 0.2) is 0 Å². The molecule has 0 atom stereocenters. The Hall–Kier alpha value is -0.240. The normalized spacial score (nSPS) is 24.1. The quantitative estimate of drug-likeness (QED) is 0.751. The zero-order valence-electron chi connectivity index (χ0n) is 10.6. The van der Waals surface area contributed by atoms with Crippen molar-refractivity contribution in [2.24, 2.45) is 11.3 Å². The van der Waals surface area contributed by atoms with Gasteiger partial charge in [-0.1, -0.05) is 25.7 Å². The molecule has 1 N–H and O–H groups in total. The predicted octanol–water partition coefficient (Wildman–Crippen LogP) is 3.48. The number of nitrogens with one attached hydrogen (secondary N) is 1. The Balaban J connectivity index is 1.72. The Bertz CT molecular complexity index is 257. The Morgan fingerprint density at radius 1 is 1.18 bits per heavy atom. The van der Waals surface area contributed by atoms with Gasteiger partial charge in [-0.05, 0) is 31.6 Å². The van der Waals surface area contributed by atoms with Crippen LogP contribution in [0, 0.1) is 11.3 Å². The zero-order valence-corrected chi connectivity index (χ0v) is 11.4. The van der Waals surface area contributed by atoms with E-state index in [-0.39, 0.29) is 11.3 Å². The lowest BCUT2D eigenvalue weighted by molar-refractivity contribution is -0.123. The van der Waals surface area contributed by atoms with Crippen LogP contribution in [0.2, 0.25) is 0 Å². The molecule has 0 aromatic heterocycles. The van der Waals surface area contributed by atoms with Gasteiger partial charge in [0.05, 0.1) is 0 Å². The van der Waals surface area contributed by atoms with Gasteiger partial charge in [0.2, 0.25) is 5.91 Å². The zero-order chi connectivity index (χ0) is 12.1. The summed E-state index contributed by atoms with van der Waals surface area (Å²) in [6, 6.07) is 0. The summed E-state index contributed by atoms with van der Waals surface area (Å²) in [4.78, 5) is 11.8.